The summed E-state index contributed by atoms with van der Waals surface area (Å²) in [4.78, 5) is 13.9. The summed E-state index contributed by atoms with van der Waals surface area (Å²) in [7, 11) is 0. The summed E-state index contributed by atoms with van der Waals surface area (Å²) in [6.45, 7) is 5.24. The SMILES string of the molecule is CC1OCCC1NCC(=O)N1CCCCC1. The van der Waals surface area contributed by atoms with Crippen LogP contribution in [0.1, 0.15) is 32.6 Å². The number of ether oxygens (including phenoxy) is 1. The van der Waals surface area contributed by atoms with Crippen LogP contribution in [0.5, 0.6) is 0 Å². The van der Waals surface area contributed by atoms with Crippen LogP contribution in [0, 0.1) is 0 Å². The van der Waals surface area contributed by atoms with Gasteiger partial charge in [0.05, 0.1) is 12.6 Å². The minimum absolute atomic E-state index is 0.245. The van der Waals surface area contributed by atoms with E-state index in [-0.39, 0.29) is 12.0 Å². The lowest BCUT2D eigenvalue weighted by molar-refractivity contribution is -0.131. The topological polar surface area (TPSA) is 41.6 Å². The summed E-state index contributed by atoms with van der Waals surface area (Å²) in [5, 5.41) is 3.31. The van der Waals surface area contributed by atoms with Crippen LogP contribution in [0.15, 0.2) is 0 Å². The van der Waals surface area contributed by atoms with Gasteiger partial charge in [-0.1, -0.05) is 0 Å². The highest BCUT2D eigenvalue weighted by Gasteiger charge is 2.25. The summed E-state index contributed by atoms with van der Waals surface area (Å²) in [6, 6.07) is 0.355. The van der Waals surface area contributed by atoms with Crippen molar-refractivity contribution in [2.24, 2.45) is 0 Å². The minimum Gasteiger partial charge on any atom is -0.377 e. The number of likely N-dealkylation sites (tertiary alicyclic amines) is 1. The molecule has 16 heavy (non-hydrogen) atoms. The van der Waals surface area contributed by atoms with Crippen LogP contribution >= 0.6 is 0 Å². The summed E-state index contributed by atoms with van der Waals surface area (Å²) < 4.78 is 5.46. The normalized spacial score (nSPS) is 30.7. The maximum atomic E-state index is 11.9. The van der Waals surface area contributed by atoms with Crippen molar-refractivity contribution in [3.63, 3.8) is 0 Å². The molecular formula is C12H22N2O2. The number of nitrogens with one attached hydrogen (secondary N) is 1. The van der Waals surface area contributed by atoms with E-state index in [4.69, 9.17) is 4.74 Å². The van der Waals surface area contributed by atoms with Crippen molar-refractivity contribution < 1.29 is 9.53 Å². The third kappa shape index (κ3) is 2.95. The van der Waals surface area contributed by atoms with Gasteiger partial charge < -0.3 is 15.0 Å². The molecule has 0 radical (unpaired) electrons. The predicted octanol–water partition coefficient (Wildman–Crippen LogP) is 0.766. The average Bonchev–Trinajstić information content (AvgIpc) is 2.73. The molecule has 2 aliphatic rings. The maximum absolute atomic E-state index is 11.9. The number of piperidine rings is 1. The first kappa shape index (κ1) is 11.9. The van der Waals surface area contributed by atoms with Gasteiger partial charge in [-0.15, -0.1) is 0 Å². The molecule has 0 bridgehead atoms. The molecular weight excluding hydrogens is 204 g/mol. The molecule has 92 valence electrons. The number of amides is 1. The first-order chi connectivity index (χ1) is 7.77. The molecule has 2 atom stereocenters. The third-order valence-electron chi connectivity index (χ3n) is 3.60. The van der Waals surface area contributed by atoms with E-state index in [0.717, 1.165) is 39.0 Å². The Morgan fingerprint density at radius 3 is 2.75 bits per heavy atom. The molecule has 2 rings (SSSR count). The van der Waals surface area contributed by atoms with Crippen molar-refractivity contribution in [2.75, 3.05) is 26.2 Å². The van der Waals surface area contributed by atoms with Crippen molar-refractivity contribution in [3.8, 4) is 0 Å². The van der Waals surface area contributed by atoms with E-state index in [1.165, 1.54) is 6.42 Å². The lowest BCUT2D eigenvalue weighted by Gasteiger charge is -2.27. The van der Waals surface area contributed by atoms with E-state index >= 15 is 0 Å². The Morgan fingerprint density at radius 2 is 2.12 bits per heavy atom. The van der Waals surface area contributed by atoms with Crippen LogP contribution < -0.4 is 5.32 Å². The molecule has 2 heterocycles. The lowest BCUT2D eigenvalue weighted by Crippen LogP contribution is -2.45. The number of rotatable bonds is 3. The van der Waals surface area contributed by atoms with Crippen LogP contribution in [-0.2, 0) is 9.53 Å². The fourth-order valence-corrected chi connectivity index (χ4v) is 2.47. The molecule has 0 aliphatic carbocycles. The second-order valence-electron chi connectivity index (χ2n) is 4.79. The van der Waals surface area contributed by atoms with E-state index < -0.39 is 0 Å². The smallest absolute Gasteiger partial charge is 0.236 e. The highest BCUT2D eigenvalue weighted by molar-refractivity contribution is 5.78. The van der Waals surface area contributed by atoms with Gasteiger partial charge in [0, 0.05) is 25.7 Å². The first-order valence-corrected chi connectivity index (χ1v) is 6.40. The number of hydrogen-bond acceptors (Lipinski definition) is 3. The second kappa shape index (κ2) is 5.64. The minimum atomic E-state index is 0.245. The number of carbonyl (C=O) groups is 1. The van der Waals surface area contributed by atoms with Gasteiger partial charge in [-0.3, -0.25) is 4.79 Å². The Kier molecular flexibility index (Phi) is 4.18. The quantitative estimate of drug-likeness (QED) is 0.772. The zero-order chi connectivity index (χ0) is 11.4. The van der Waals surface area contributed by atoms with Crippen LogP contribution in [0.2, 0.25) is 0 Å². The van der Waals surface area contributed by atoms with Gasteiger partial charge in [0.1, 0.15) is 0 Å². The lowest BCUT2D eigenvalue weighted by atomic mass is 10.1. The molecule has 4 heteroatoms. The Hall–Kier alpha value is -0.610. The fourth-order valence-electron chi connectivity index (χ4n) is 2.47. The Labute approximate surface area is 97.3 Å². The summed E-state index contributed by atoms with van der Waals surface area (Å²) in [5.41, 5.74) is 0. The number of nitrogens with zero attached hydrogens (tertiary/aromatic N) is 1. The first-order valence-electron chi connectivity index (χ1n) is 6.40. The molecule has 0 aromatic carbocycles. The Bertz CT molecular complexity index is 239. The van der Waals surface area contributed by atoms with Crippen molar-refractivity contribution in [1.29, 1.82) is 0 Å². The highest BCUT2D eigenvalue weighted by atomic mass is 16.5. The standard InChI is InChI=1S/C12H22N2O2/c1-10-11(5-8-16-10)13-9-12(15)14-6-3-2-4-7-14/h10-11,13H,2-9H2,1H3. The molecule has 0 spiro atoms. The van der Waals surface area contributed by atoms with Crippen molar-refractivity contribution in [2.45, 2.75) is 44.8 Å². The third-order valence-corrected chi connectivity index (χ3v) is 3.60. The van der Waals surface area contributed by atoms with Gasteiger partial charge in [0.2, 0.25) is 5.91 Å². The Morgan fingerprint density at radius 1 is 1.38 bits per heavy atom. The monoisotopic (exact) mass is 226 g/mol. The molecule has 0 aromatic rings. The Balaban J connectivity index is 1.70. The van der Waals surface area contributed by atoms with Crippen molar-refractivity contribution in [3.05, 3.63) is 0 Å². The van der Waals surface area contributed by atoms with E-state index in [9.17, 15) is 4.79 Å². The van der Waals surface area contributed by atoms with Gasteiger partial charge in [-0.2, -0.15) is 0 Å². The van der Waals surface area contributed by atoms with Gasteiger partial charge in [0.15, 0.2) is 0 Å². The van der Waals surface area contributed by atoms with E-state index in [1.807, 2.05) is 4.90 Å². The molecule has 2 saturated heterocycles. The van der Waals surface area contributed by atoms with Gasteiger partial charge in [-0.05, 0) is 32.6 Å². The van der Waals surface area contributed by atoms with Gasteiger partial charge in [-0.25, -0.2) is 0 Å². The molecule has 1 N–H and O–H groups in total. The van der Waals surface area contributed by atoms with Crippen molar-refractivity contribution in [1.82, 2.24) is 10.2 Å². The van der Waals surface area contributed by atoms with Crippen LogP contribution in [0.4, 0.5) is 0 Å². The zero-order valence-corrected chi connectivity index (χ0v) is 10.1. The second-order valence-corrected chi connectivity index (χ2v) is 4.79. The van der Waals surface area contributed by atoms with Crippen molar-refractivity contribution >= 4 is 5.91 Å². The van der Waals surface area contributed by atoms with Crippen LogP contribution in [0.3, 0.4) is 0 Å². The summed E-state index contributed by atoms with van der Waals surface area (Å²) >= 11 is 0. The van der Waals surface area contributed by atoms with Gasteiger partial charge >= 0.3 is 0 Å². The summed E-state index contributed by atoms with van der Waals surface area (Å²) in [5.74, 6) is 0.249. The number of carbonyl (C=O) groups excluding carboxylic acids is 1. The zero-order valence-electron chi connectivity index (χ0n) is 10.1. The molecule has 0 saturated carbocycles. The van der Waals surface area contributed by atoms with E-state index in [0.29, 0.717) is 12.6 Å². The molecule has 1 amide bonds. The maximum Gasteiger partial charge on any atom is 0.236 e. The average molecular weight is 226 g/mol. The van der Waals surface area contributed by atoms with Crippen LogP contribution in [-0.4, -0.2) is 49.2 Å². The molecule has 2 unspecified atom stereocenters. The molecule has 4 nitrogen and oxygen atoms in total. The summed E-state index contributed by atoms with van der Waals surface area (Å²) in [6.07, 6.45) is 4.86. The molecule has 2 aliphatic heterocycles. The fraction of sp³-hybridized carbons (Fsp3) is 0.917. The van der Waals surface area contributed by atoms with E-state index in [1.54, 1.807) is 0 Å². The predicted molar refractivity (Wildman–Crippen MR) is 62.3 cm³/mol. The molecule has 2 fully saturated rings. The van der Waals surface area contributed by atoms with E-state index in [2.05, 4.69) is 12.2 Å². The van der Waals surface area contributed by atoms with Crippen LogP contribution in [0.25, 0.3) is 0 Å². The number of hydrogen-bond donors (Lipinski definition) is 1. The highest BCUT2D eigenvalue weighted by Crippen LogP contribution is 2.13. The van der Waals surface area contributed by atoms with Gasteiger partial charge in [0.25, 0.3) is 0 Å². The molecule has 0 aromatic heterocycles. The largest absolute Gasteiger partial charge is 0.377 e.